The molecule has 0 spiro atoms. The molecule has 3 rings (SSSR count). The zero-order chi connectivity index (χ0) is 18.0. The number of piperidine rings is 1. The number of hydrogen-bond donors (Lipinski definition) is 1. The standard InChI is InChI=1S/C18H23F3N2O2/c19-18(20,21)14-6-4-5-13(9-14)16-10-15(24)11-23(16)12-17(25)22-7-2-1-3-8-22/h4-6,9,15-16,24H,1-3,7-8,10-12H2/t15-,16-/m0/s1. The molecule has 138 valence electrons. The molecule has 2 atom stereocenters. The molecule has 1 N–H and O–H groups in total. The van der Waals surface area contributed by atoms with Gasteiger partial charge in [0.2, 0.25) is 5.91 Å². The normalized spacial score (nSPS) is 25.4. The van der Waals surface area contributed by atoms with E-state index in [4.69, 9.17) is 0 Å². The summed E-state index contributed by atoms with van der Waals surface area (Å²) in [6.45, 7) is 1.92. The highest BCUT2D eigenvalue weighted by Crippen LogP contribution is 2.36. The molecule has 2 fully saturated rings. The lowest BCUT2D eigenvalue weighted by atomic mass is 10.0. The van der Waals surface area contributed by atoms with E-state index in [0.29, 0.717) is 18.5 Å². The summed E-state index contributed by atoms with van der Waals surface area (Å²) < 4.78 is 38.9. The van der Waals surface area contributed by atoms with Crippen LogP contribution in [0, 0.1) is 0 Å². The summed E-state index contributed by atoms with van der Waals surface area (Å²) in [5, 5.41) is 9.99. The zero-order valence-corrected chi connectivity index (χ0v) is 14.0. The minimum atomic E-state index is -4.40. The predicted octanol–water partition coefficient (Wildman–Crippen LogP) is 2.83. The molecule has 0 aliphatic carbocycles. The largest absolute Gasteiger partial charge is 0.416 e. The first-order valence-corrected chi connectivity index (χ1v) is 8.71. The Bertz CT molecular complexity index is 615. The van der Waals surface area contributed by atoms with Crippen LogP contribution < -0.4 is 0 Å². The van der Waals surface area contributed by atoms with Crippen LogP contribution in [0.5, 0.6) is 0 Å². The quantitative estimate of drug-likeness (QED) is 0.906. The number of alkyl halides is 3. The van der Waals surface area contributed by atoms with Crippen molar-refractivity contribution in [2.45, 2.75) is 44.0 Å². The highest BCUT2D eigenvalue weighted by molar-refractivity contribution is 5.78. The summed E-state index contributed by atoms with van der Waals surface area (Å²) in [5.74, 6) is -0.00854. The van der Waals surface area contributed by atoms with Gasteiger partial charge in [0.1, 0.15) is 0 Å². The van der Waals surface area contributed by atoms with Gasteiger partial charge in [0, 0.05) is 25.7 Å². The van der Waals surface area contributed by atoms with Crippen molar-refractivity contribution in [3.05, 3.63) is 35.4 Å². The minimum absolute atomic E-state index is 0.00854. The van der Waals surface area contributed by atoms with Gasteiger partial charge in [0.05, 0.1) is 18.2 Å². The molecular weight excluding hydrogens is 333 g/mol. The monoisotopic (exact) mass is 356 g/mol. The molecule has 0 aromatic heterocycles. The molecule has 0 bridgehead atoms. The maximum absolute atomic E-state index is 13.0. The van der Waals surface area contributed by atoms with Crippen molar-refractivity contribution in [2.24, 2.45) is 0 Å². The Hall–Kier alpha value is -1.60. The van der Waals surface area contributed by atoms with E-state index in [1.807, 2.05) is 4.90 Å². The Morgan fingerprint density at radius 3 is 2.60 bits per heavy atom. The summed E-state index contributed by atoms with van der Waals surface area (Å²) in [7, 11) is 0. The van der Waals surface area contributed by atoms with E-state index in [2.05, 4.69) is 0 Å². The van der Waals surface area contributed by atoms with E-state index in [9.17, 15) is 23.1 Å². The van der Waals surface area contributed by atoms with Crippen molar-refractivity contribution in [3.63, 3.8) is 0 Å². The van der Waals surface area contributed by atoms with Gasteiger partial charge in [-0.3, -0.25) is 9.69 Å². The van der Waals surface area contributed by atoms with E-state index in [1.165, 1.54) is 6.07 Å². The van der Waals surface area contributed by atoms with Crippen molar-refractivity contribution in [2.75, 3.05) is 26.2 Å². The minimum Gasteiger partial charge on any atom is -0.392 e. The van der Waals surface area contributed by atoms with Crippen LogP contribution in [0.2, 0.25) is 0 Å². The second-order valence-electron chi connectivity index (χ2n) is 6.90. The molecule has 25 heavy (non-hydrogen) atoms. The summed E-state index contributed by atoms with van der Waals surface area (Å²) in [6.07, 6.45) is -1.58. The van der Waals surface area contributed by atoms with E-state index in [0.717, 1.165) is 44.5 Å². The third-order valence-corrected chi connectivity index (χ3v) is 5.03. The van der Waals surface area contributed by atoms with Gasteiger partial charge >= 0.3 is 6.18 Å². The first-order valence-electron chi connectivity index (χ1n) is 8.71. The molecule has 1 amide bonds. The summed E-state index contributed by atoms with van der Waals surface area (Å²) in [6, 6.07) is 4.81. The number of β-amino-alcohol motifs (C(OH)–C–C–N with tert-alkyl or cyclic N) is 1. The molecule has 1 aromatic rings. The van der Waals surface area contributed by atoms with Gasteiger partial charge in [-0.05, 0) is 43.4 Å². The maximum atomic E-state index is 13.0. The molecule has 0 radical (unpaired) electrons. The van der Waals surface area contributed by atoms with E-state index in [-0.39, 0.29) is 18.5 Å². The second kappa shape index (κ2) is 7.33. The number of hydrogen-bond acceptors (Lipinski definition) is 3. The maximum Gasteiger partial charge on any atom is 0.416 e. The summed E-state index contributed by atoms with van der Waals surface area (Å²) in [5.41, 5.74) is -0.202. The lowest BCUT2D eigenvalue weighted by Crippen LogP contribution is -2.42. The fourth-order valence-corrected chi connectivity index (χ4v) is 3.74. The average Bonchev–Trinajstić information content (AvgIpc) is 2.95. The van der Waals surface area contributed by atoms with E-state index >= 15 is 0 Å². The number of nitrogens with zero attached hydrogens (tertiary/aromatic N) is 2. The number of halogens is 3. The summed E-state index contributed by atoms with van der Waals surface area (Å²) in [4.78, 5) is 16.1. The fourth-order valence-electron chi connectivity index (χ4n) is 3.74. The molecule has 1 aromatic carbocycles. The predicted molar refractivity (Wildman–Crippen MR) is 86.8 cm³/mol. The molecule has 4 nitrogen and oxygen atoms in total. The van der Waals surface area contributed by atoms with Gasteiger partial charge in [-0.15, -0.1) is 0 Å². The lowest BCUT2D eigenvalue weighted by molar-refractivity contribution is -0.138. The molecule has 2 saturated heterocycles. The number of likely N-dealkylation sites (tertiary alicyclic amines) is 2. The van der Waals surface area contributed by atoms with Gasteiger partial charge < -0.3 is 10.0 Å². The van der Waals surface area contributed by atoms with Crippen molar-refractivity contribution in [1.82, 2.24) is 9.80 Å². The number of rotatable bonds is 3. The average molecular weight is 356 g/mol. The Morgan fingerprint density at radius 1 is 1.20 bits per heavy atom. The second-order valence-corrected chi connectivity index (χ2v) is 6.90. The fraction of sp³-hybridized carbons (Fsp3) is 0.611. The molecule has 2 aliphatic rings. The zero-order valence-electron chi connectivity index (χ0n) is 14.0. The Morgan fingerprint density at radius 2 is 1.92 bits per heavy atom. The molecule has 2 heterocycles. The Labute approximate surface area is 145 Å². The first-order chi connectivity index (χ1) is 11.8. The van der Waals surface area contributed by atoms with Crippen LogP contribution in [-0.2, 0) is 11.0 Å². The molecule has 2 aliphatic heterocycles. The first kappa shape index (κ1) is 18.2. The van der Waals surface area contributed by atoms with E-state index in [1.54, 1.807) is 11.0 Å². The highest BCUT2D eigenvalue weighted by atomic mass is 19.4. The van der Waals surface area contributed by atoms with Crippen LogP contribution in [0.4, 0.5) is 13.2 Å². The van der Waals surface area contributed by atoms with Gasteiger partial charge in [-0.1, -0.05) is 12.1 Å². The third-order valence-electron chi connectivity index (χ3n) is 5.03. The lowest BCUT2D eigenvalue weighted by Gasteiger charge is -2.30. The molecule has 7 heteroatoms. The number of amides is 1. The van der Waals surface area contributed by atoms with Crippen LogP contribution >= 0.6 is 0 Å². The smallest absolute Gasteiger partial charge is 0.392 e. The Kier molecular flexibility index (Phi) is 5.34. The van der Waals surface area contributed by atoms with Crippen LogP contribution in [0.3, 0.4) is 0 Å². The Balaban J connectivity index is 1.74. The number of aliphatic hydroxyl groups is 1. The van der Waals surface area contributed by atoms with Crippen molar-refractivity contribution >= 4 is 5.91 Å². The van der Waals surface area contributed by atoms with E-state index < -0.39 is 17.8 Å². The molecular formula is C18H23F3N2O2. The van der Waals surface area contributed by atoms with Crippen LogP contribution in [0.25, 0.3) is 0 Å². The number of carbonyl (C=O) groups excluding carboxylic acids is 1. The highest BCUT2D eigenvalue weighted by Gasteiger charge is 2.36. The van der Waals surface area contributed by atoms with Gasteiger partial charge in [0.15, 0.2) is 0 Å². The third kappa shape index (κ3) is 4.33. The summed E-state index contributed by atoms with van der Waals surface area (Å²) >= 11 is 0. The molecule has 0 saturated carbocycles. The number of aliphatic hydroxyl groups excluding tert-OH is 1. The van der Waals surface area contributed by atoms with Gasteiger partial charge in [-0.25, -0.2) is 0 Å². The molecule has 0 unspecified atom stereocenters. The van der Waals surface area contributed by atoms with Gasteiger partial charge in [0.25, 0.3) is 0 Å². The van der Waals surface area contributed by atoms with Crippen LogP contribution in [0.15, 0.2) is 24.3 Å². The van der Waals surface area contributed by atoms with Crippen LogP contribution in [-0.4, -0.2) is 53.1 Å². The van der Waals surface area contributed by atoms with Crippen molar-refractivity contribution in [3.8, 4) is 0 Å². The number of carbonyl (C=O) groups is 1. The SMILES string of the molecule is O=C(CN1C[C@@H](O)C[C@H]1c1cccc(C(F)(F)F)c1)N1CCCCC1. The van der Waals surface area contributed by atoms with Crippen LogP contribution in [0.1, 0.15) is 42.9 Å². The number of benzene rings is 1. The topological polar surface area (TPSA) is 43.8 Å². The van der Waals surface area contributed by atoms with Gasteiger partial charge in [-0.2, -0.15) is 13.2 Å². The van der Waals surface area contributed by atoms with Crippen molar-refractivity contribution in [1.29, 1.82) is 0 Å². The van der Waals surface area contributed by atoms with Crippen molar-refractivity contribution < 1.29 is 23.1 Å².